The van der Waals surface area contributed by atoms with Crippen LogP contribution in [-0.4, -0.2) is 19.7 Å². The molecular weight excluding hydrogens is 497 g/mol. The summed E-state index contributed by atoms with van der Waals surface area (Å²) in [4.78, 5) is 8.73. The number of anilines is 1. The first-order chi connectivity index (χ1) is 14.0. The Bertz CT molecular complexity index is 1150. The molecule has 4 aromatic rings. The number of halogens is 4. The van der Waals surface area contributed by atoms with Crippen molar-refractivity contribution in [2.75, 3.05) is 5.32 Å². The molecule has 4 rings (SSSR count). The maximum absolute atomic E-state index is 6.60. The van der Waals surface area contributed by atoms with Crippen LogP contribution >= 0.6 is 50.7 Å². The lowest BCUT2D eigenvalue weighted by Crippen LogP contribution is -2.07. The molecule has 2 aromatic carbocycles. The molecule has 2 heterocycles. The molecule has 1 unspecified atom stereocenters. The second kappa shape index (κ2) is 8.88. The minimum Gasteiger partial charge on any atom is -0.365 e. The Kier molecular flexibility index (Phi) is 6.25. The molecule has 1 atom stereocenters. The molecule has 5 nitrogen and oxygen atoms in total. The van der Waals surface area contributed by atoms with Crippen LogP contribution in [0.2, 0.25) is 10.0 Å². The molecule has 0 bridgehead atoms. The highest BCUT2D eigenvalue weighted by Crippen LogP contribution is 2.27. The third-order valence-corrected chi connectivity index (χ3v) is 5.98. The number of aromatic nitrogens is 4. The minimum atomic E-state index is -0.233. The van der Waals surface area contributed by atoms with Crippen LogP contribution in [0, 0.1) is 0 Å². The van der Waals surface area contributed by atoms with Gasteiger partial charge in [0.15, 0.2) is 5.65 Å². The van der Waals surface area contributed by atoms with Crippen molar-refractivity contribution < 1.29 is 0 Å². The third kappa shape index (κ3) is 4.67. The number of alkyl halides is 1. The normalized spacial score (nSPS) is 12.3. The molecule has 0 saturated heterocycles. The van der Waals surface area contributed by atoms with Crippen molar-refractivity contribution in [2.45, 2.75) is 18.5 Å². The van der Waals surface area contributed by atoms with E-state index in [-0.39, 0.29) is 5.38 Å². The van der Waals surface area contributed by atoms with Gasteiger partial charge in [-0.15, -0.1) is 11.6 Å². The molecule has 0 aliphatic rings. The second-order valence-electron chi connectivity index (χ2n) is 6.39. The van der Waals surface area contributed by atoms with E-state index in [4.69, 9.17) is 34.8 Å². The third-order valence-electron chi connectivity index (χ3n) is 4.45. The van der Waals surface area contributed by atoms with Crippen LogP contribution in [0.1, 0.15) is 16.5 Å². The molecule has 0 saturated carbocycles. The molecule has 148 valence electrons. The van der Waals surface area contributed by atoms with E-state index in [1.807, 2.05) is 30.3 Å². The zero-order valence-electron chi connectivity index (χ0n) is 15.0. The monoisotopic (exact) mass is 509 g/mol. The quantitative estimate of drug-likeness (QED) is 0.301. The Morgan fingerprint density at radius 2 is 1.86 bits per heavy atom. The molecule has 2 aromatic heterocycles. The largest absolute Gasteiger partial charge is 0.365 e. The summed E-state index contributed by atoms with van der Waals surface area (Å²) in [5, 5.41) is 9.60. The number of fused-ring (bicyclic) bond motifs is 1. The van der Waals surface area contributed by atoms with Gasteiger partial charge in [-0.1, -0.05) is 51.3 Å². The summed E-state index contributed by atoms with van der Waals surface area (Å²) in [5.41, 5.74) is 2.61. The van der Waals surface area contributed by atoms with Gasteiger partial charge in [0.05, 0.1) is 23.5 Å². The highest BCUT2D eigenvalue weighted by Gasteiger charge is 2.15. The van der Waals surface area contributed by atoms with Crippen molar-refractivity contribution in [2.24, 2.45) is 0 Å². The smallest absolute Gasteiger partial charge is 0.163 e. The molecule has 0 aliphatic heterocycles. The number of hydrogen-bond acceptors (Lipinski definition) is 4. The fourth-order valence-corrected chi connectivity index (χ4v) is 3.87. The Balaban J connectivity index is 1.55. The summed E-state index contributed by atoms with van der Waals surface area (Å²) in [5.74, 6) is 0.673. The lowest BCUT2D eigenvalue weighted by atomic mass is 10.1. The highest BCUT2D eigenvalue weighted by molar-refractivity contribution is 9.10. The number of nitrogens with zero attached hydrogens (tertiary/aromatic N) is 4. The summed E-state index contributed by atoms with van der Waals surface area (Å²) in [7, 11) is 0. The second-order valence-corrected chi connectivity index (χ2v) is 8.68. The van der Waals surface area contributed by atoms with E-state index in [1.54, 1.807) is 23.0 Å². The van der Waals surface area contributed by atoms with Crippen LogP contribution in [0.3, 0.4) is 0 Å². The minimum absolute atomic E-state index is 0.233. The summed E-state index contributed by atoms with van der Waals surface area (Å²) >= 11 is 22.3. The van der Waals surface area contributed by atoms with Gasteiger partial charge in [0, 0.05) is 21.1 Å². The van der Waals surface area contributed by atoms with Gasteiger partial charge in [0.1, 0.15) is 12.1 Å². The summed E-state index contributed by atoms with van der Waals surface area (Å²) in [6.07, 6.45) is 3.24. The van der Waals surface area contributed by atoms with Crippen molar-refractivity contribution in [1.82, 2.24) is 19.7 Å². The topological polar surface area (TPSA) is 55.6 Å². The zero-order chi connectivity index (χ0) is 20.4. The molecule has 9 heteroatoms. The van der Waals surface area contributed by atoms with Gasteiger partial charge in [0.2, 0.25) is 0 Å². The summed E-state index contributed by atoms with van der Waals surface area (Å²) < 4.78 is 2.80. The van der Waals surface area contributed by atoms with E-state index in [2.05, 4.69) is 36.3 Å². The number of rotatable bonds is 6. The molecule has 0 amide bonds. The number of nitrogens with one attached hydrogen (secondary N) is 1. The summed E-state index contributed by atoms with van der Waals surface area (Å²) in [6.45, 7) is 0.969. The van der Waals surface area contributed by atoms with E-state index < -0.39 is 0 Å². The van der Waals surface area contributed by atoms with Gasteiger partial charge in [-0.2, -0.15) is 5.10 Å². The molecule has 0 spiro atoms. The van der Waals surface area contributed by atoms with E-state index in [0.717, 1.165) is 21.0 Å². The van der Waals surface area contributed by atoms with Crippen LogP contribution in [0.25, 0.3) is 11.0 Å². The Morgan fingerprint density at radius 3 is 2.66 bits per heavy atom. The van der Waals surface area contributed by atoms with Gasteiger partial charge in [-0.25, -0.2) is 14.6 Å². The van der Waals surface area contributed by atoms with Gasteiger partial charge in [0.25, 0.3) is 0 Å². The molecule has 0 radical (unpaired) electrons. The lowest BCUT2D eigenvalue weighted by Gasteiger charge is -2.11. The fraction of sp³-hybridized carbons (Fsp3) is 0.150. The van der Waals surface area contributed by atoms with Gasteiger partial charge < -0.3 is 5.32 Å². The SMILES string of the molecule is Clc1ccc(Cl)c(CNc2ncnc3c2cnn3CC(Cl)c2ccc(Br)cc2)c1. The van der Waals surface area contributed by atoms with Gasteiger partial charge in [-0.3, -0.25) is 0 Å². The first-order valence-electron chi connectivity index (χ1n) is 8.75. The van der Waals surface area contributed by atoms with Crippen molar-refractivity contribution in [1.29, 1.82) is 0 Å². The predicted molar refractivity (Wildman–Crippen MR) is 122 cm³/mol. The molecule has 0 aliphatic carbocycles. The average molecular weight is 512 g/mol. The van der Waals surface area contributed by atoms with Gasteiger partial charge in [-0.05, 0) is 41.5 Å². The molecule has 1 N–H and O–H groups in total. The van der Waals surface area contributed by atoms with Crippen LogP contribution in [0.15, 0.2) is 59.5 Å². The first-order valence-corrected chi connectivity index (χ1v) is 10.7. The van der Waals surface area contributed by atoms with Crippen molar-refractivity contribution in [3.8, 4) is 0 Å². The standard InChI is InChI=1S/C20H15BrCl3N5/c21-14-3-1-12(2-4-14)18(24)10-29-20-16(9-28-29)19(26-11-27-20)25-8-13-7-15(22)5-6-17(13)23/h1-7,9,11,18H,8,10H2,(H,25,26,27). The van der Waals surface area contributed by atoms with Gasteiger partial charge >= 0.3 is 0 Å². The molecular formula is C20H15BrCl3N5. The lowest BCUT2D eigenvalue weighted by molar-refractivity contribution is 0.615. The van der Waals surface area contributed by atoms with Crippen LogP contribution in [0.5, 0.6) is 0 Å². The van der Waals surface area contributed by atoms with Crippen molar-refractivity contribution in [3.05, 3.63) is 80.6 Å². The predicted octanol–water partition coefficient (Wildman–Crippen LogP) is 6.49. The summed E-state index contributed by atoms with van der Waals surface area (Å²) in [6, 6.07) is 13.3. The highest BCUT2D eigenvalue weighted by atomic mass is 79.9. The average Bonchev–Trinajstić information content (AvgIpc) is 3.12. The van der Waals surface area contributed by atoms with E-state index in [9.17, 15) is 0 Å². The van der Waals surface area contributed by atoms with E-state index in [0.29, 0.717) is 34.6 Å². The Hall–Kier alpha value is -1.86. The van der Waals surface area contributed by atoms with Crippen LogP contribution < -0.4 is 5.32 Å². The maximum Gasteiger partial charge on any atom is 0.163 e. The van der Waals surface area contributed by atoms with Crippen molar-refractivity contribution >= 4 is 67.6 Å². The number of benzene rings is 2. The van der Waals surface area contributed by atoms with E-state index >= 15 is 0 Å². The van der Waals surface area contributed by atoms with E-state index in [1.165, 1.54) is 6.33 Å². The fourth-order valence-electron chi connectivity index (χ4n) is 2.95. The zero-order valence-corrected chi connectivity index (χ0v) is 18.8. The van der Waals surface area contributed by atoms with Crippen molar-refractivity contribution in [3.63, 3.8) is 0 Å². The molecule has 0 fully saturated rings. The Morgan fingerprint density at radius 1 is 1.07 bits per heavy atom. The maximum atomic E-state index is 6.60. The van der Waals surface area contributed by atoms with Crippen LogP contribution in [0.4, 0.5) is 5.82 Å². The first kappa shape index (κ1) is 20.4. The number of hydrogen-bond donors (Lipinski definition) is 1. The molecule has 29 heavy (non-hydrogen) atoms. The van der Waals surface area contributed by atoms with Crippen LogP contribution in [-0.2, 0) is 13.1 Å². The Labute approximate surface area is 191 Å².